The van der Waals surface area contributed by atoms with Crippen LogP contribution in [0.15, 0.2) is 78.4 Å². The number of methoxy groups -OCH3 is 2. The molecule has 1 N–H and O–H groups in total. The zero-order valence-electron chi connectivity index (χ0n) is 18.0. The van der Waals surface area contributed by atoms with E-state index >= 15 is 0 Å². The van der Waals surface area contributed by atoms with Gasteiger partial charge in [0.15, 0.2) is 11.5 Å². The molecule has 1 heterocycles. The van der Waals surface area contributed by atoms with E-state index in [1.165, 1.54) is 19.1 Å². The molecule has 1 aliphatic rings. The number of anilines is 1. The van der Waals surface area contributed by atoms with Crippen molar-refractivity contribution >= 4 is 23.1 Å². The van der Waals surface area contributed by atoms with E-state index in [9.17, 15) is 14.7 Å². The van der Waals surface area contributed by atoms with E-state index in [1.54, 1.807) is 48.5 Å². The molecule has 3 aromatic rings. The molecule has 0 spiro atoms. The number of rotatable bonds is 5. The Labute approximate surface area is 186 Å². The number of aliphatic hydroxyl groups is 1. The van der Waals surface area contributed by atoms with Crippen LogP contribution in [0, 0.1) is 6.92 Å². The highest BCUT2D eigenvalue weighted by molar-refractivity contribution is 6.51. The highest BCUT2D eigenvalue weighted by Crippen LogP contribution is 2.44. The highest BCUT2D eigenvalue weighted by Gasteiger charge is 2.47. The lowest BCUT2D eigenvalue weighted by Crippen LogP contribution is -2.29. The standard InChI is InChI=1S/C26H23NO5/c1-16-8-7-11-19(14-16)27-23(18-12-13-20(31-2)21(15-18)32-3)22(25(29)26(27)30)24(28)17-9-5-4-6-10-17/h4-15,23,28H,1-3H3. The van der Waals surface area contributed by atoms with Crippen molar-refractivity contribution in [3.63, 3.8) is 0 Å². The van der Waals surface area contributed by atoms with Gasteiger partial charge in [0.2, 0.25) is 0 Å². The van der Waals surface area contributed by atoms with Gasteiger partial charge in [-0.2, -0.15) is 0 Å². The molecule has 0 aromatic heterocycles. The molecule has 0 radical (unpaired) electrons. The van der Waals surface area contributed by atoms with E-state index in [4.69, 9.17) is 9.47 Å². The Kier molecular flexibility index (Phi) is 5.69. The average Bonchev–Trinajstić information content (AvgIpc) is 3.09. The molecule has 0 bridgehead atoms. The van der Waals surface area contributed by atoms with Crippen molar-refractivity contribution in [1.82, 2.24) is 0 Å². The van der Waals surface area contributed by atoms with E-state index in [-0.39, 0.29) is 11.3 Å². The Morgan fingerprint density at radius 1 is 0.875 bits per heavy atom. The van der Waals surface area contributed by atoms with Crippen LogP contribution >= 0.6 is 0 Å². The number of ketones is 1. The van der Waals surface area contributed by atoms with Gasteiger partial charge in [-0.3, -0.25) is 14.5 Å². The van der Waals surface area contributed by atoms with E-state index < -0.39 is 17.7 Å². The van der Waals surface area contributed by atoms with Crippen LogP contribution in [-0.2, 0) is 9.59 Å². The SMILES string of the molecule is COc1ccc(C2C(=C(O)c3ccccc3)C(=O)C(=O)N2c2cccc(C)c2)cc1OC. The minimum atomic E-state index is -0.836. The molecule has 1 atom stereocenters. The second-order valence-corrected chi connectivity index (χ2v) is 7.49. The molecule has 0 aliphatic carbocycles. The quantitative estimate of drug-likeness (QED) is 0.363. The zero-order chi connectivity index (χ0) is 22.8. The predicted molar refractivity (Wildman–Crippen MR) is 122 cm³/mol. The molecule has 1 fully saturated rings. The molecule has 32 heavy (non-hydrogen) atoms. The van der Waals surface area contributed by atoms with Gasteiger partial charge in [-0.05, 0) is 42.3 Å². The van der Waals surface area contributed by atoms with Gasteiger partial charge in [-0.1, -0.05) is 48.5 Å². The number of ether oxygens (including phenoxy) is 2. The van der Waals surface area contributed by atoms with Gasteiger partial charge >= 0.3 is 0 Å². The van der Waals surface area contributed by atoms with Crippen LogP contribution in [0.4, 0.5) is 5.69 Å². The summed E-state index contributed by atoms with van der Waals surface area (Å²) in [6.07, 6.45) is 0. The number of nitrogens with zero attached hydrogens (tertiary/aromatic N) is 1. The summed E-state index contributed by atoms with van der Waals surface area (Å²) in [5.41, 5.74) is 2.61. The second kappa shape index (κ2) is 8.59. The van der Waals surface area contributed by atoms with Crippen molar-refractivity contribution in [3.05, 3.63) is 95.1 Å². The number of hydrogen-bond donors (Lipinski definition) is 1. The van der Waals surface area contributed by atoms with Crippen molar-refractivity contribution in [2.75, 3.05) is 19.1 Å². The lowest BCUT2D eigenvalue weighted by atomic mass is 9.94. The summed E-state index contributed by atoms with van der Waals surface area (Å²) in [6, 6.07) is 20.4. The Morgan fingerprint density at radius 2 is 1.59 bits per heavy atom. The maximum atomic E-state index is 13.2. The molecular weight excluding hydrogens is 406 g/mol. The van der Waals surface area contributed by atoms with Crippen LogP contribution in [0.3, 0.4) is 0 Å². The predicted octanol–water partition coefficient (Wildman–Crippen LogP) is 4.64. The van der Waals surface area contributed by atoms with Gasteiger partial charge in [0.25, 0.3) is 11.7 Å². The second-order valence-electron chi connectivity index (χ2n) is 7.49. The summed E-state index contributed by atoms with van der Waals surface area (Å²) in [5, 5.41) is 11.1. The molecular formula is C26H23NO5. The summed E-state index contributed by atoms with van der Waals surface area (Å²) >= 11 is 0. The average molecular weight is 429 g/mol. The number of carbonyl (C=O) groups excluding carboxylic acids is 2. The van der Waals surface area contributed by atoms with Crippen LogP contribution in [-0.4, -0.2) is 31.0 Å². The Hall–Kier alpha value is -4.06. The van der Waals surface area contributed by atoms with Gasteiger partial charge < -0.3 is 14.6 Å². The summed E-state index contributed by atoms with van der Waals surface area (Å²) in [4.78, 5) is 27.8. The van der Waals surface area contributed by atoms with Crippen LogP contribution < -0.4 is 14.4 Å². The Morgan fingerprint density at radius 3 is 2.25 bits per heavy atom. The first-order chi connectivity index (χ1) is 15.5. The third kappa shape index (κ3) is 3.60. The lowest BCUT2D eigenvalue weighted by molar-refractivity contribution is -0.132. The smallest absolute Gasteiger partial charge is 0.300 e. The van der Waals surface area contributed by atoms with Crippen molar-refractivity contribution in [1.29, 1.82) is 0 Å². The molecule has 1 saturated heterocycles. The van der Waals surface area contributed by atoms with Crippen LogP contribution in [0.5, 0.6) is 11.5 Å². The molecule has 162 valence electrons. The maximum absolute atomic E-state index is 13.2. The fourth-order valence-electron chi connectivity index (χ4n) is 3.97. The summed E-state index contributed by atoms with van der Waals surface area (Å²) < 4.78 is 10.8. The number of carbonyl (C=O) groups is 2. The normalized spacial score (nSPS) is 17.5. The van der Waals surface area contributed by atoms with Crippen LogP contribution in [0.1, 0.15) is 22.7 Å². The van der Waals surface area contributed by atoms with Gasteiger partial charge in [0.1, 0.15) is 5.76 Å². The van der Waals surface area contributed by atoms with Crippen LogP contribution in [0.2, 0.25) is 0 Å². The molecule has 3 aromatic carbocycles. The monoisotopic (exact) mass is 429 g/mol. The third-order valence-electron chi connectivity index (χ3n) is 5.49. The van der Waals surface area contributed by atoms with Crippen molar-refractivity contribution < 1.29 is 24.2 Å². The number of aryl methyl sites for hydroxylation is 1. The fourth-order valence-corrected chi connectivity index (χ4v) is 3.97. The van der Waals surface area contributed by atoms with Crippen LogP contribution in [0.25, 0.3) is 5.76 Å². The van der Waals surface area contributed by atoms with Gasteiger partial charge in [0.05, 0.1) is 25.8 Å². The van der Waals surface area contributed by atoms with Crippen molar-refractivity contribution in [3.8, 4) is 11.5 Å². The molecule has 1 amide bonds. The van der Waals surface area contributed by atoms with Gasteiger partial charge in [-0.15, -0.1) is 0 Å². The van der Waals surface area contributed by atoms with E-state index in [2.05, 4.69) is 0 Å². The molecule has 6 nitrogen and oxygen atoms in total. The third-order valence-corrected chi connectivity index (χ3v) is 5.49. The molecule has 6 heteroatoms. The fraction of sp³-hybridized carbons (Fsp3) is 0.154. The zero-order valence-corrected chi connectivity index (χ0v) is 18.0. The number of benzene rings is 3. The minimum Gasteiger partial charge on any atom is -0.507 e. The Bertz CT molecular complexity index is 1220. The molecule has 4 rings (SSSR count). The number of amides is 1. The van der Waals surface area contributed by atoms with E-state index in [0.29, 0.717) is 28.3 Å². The number of aliphatic hydroxyl groups excluding tert-OH is 1. The number of hydrogen-bond acceptors (Lipinski definition) is 5. The van der Waals surface area contributed by atoms with Gasteiger partial charge in [0, 0.05) is 11.3 Å². The summed E-state index contributed by atoms with van der Waals surface area (Å²) in [6.45, 7) is 1.91. The first kappa shape index (κ1) is 21.2. The molecule has 1 aliphatic heterocycles. The lowest BCUT2D eigenvalue weighted by Gasteiger charge is -2.26. The van der Waals surface area contributed by atoms with Gasteiger partial charge in [-0.25, -0.2) is 0 Å². The van der Waals surface area contributed by atoms with E-state index in [0.717, 1.165) is 5.56 Å². The largest absolute Gasteiger partial charge is 0.507 e. The Balaban J connectivity index is 1.97. The number of Topliss-reactive ketones (excluding diaryl/α,β-unsaturated/α-hetero) is 1. The highest BCUT2D eigenvalue weighted by atomic mass is 16.5. The maximum Gasteiger partial charge on any atom is 0.300 e. The minimum absolute atomic E-state index is 0.0231. The van der Waals surface area contributed by atoms with E-state index in [1.807, 2.05) is 31.2 Å². The van der Waals surface area contributed by atoms with Crippen molar-refractivity contribution in [2.45, 2.75) is 13.0 Å². The van der Waals surface area contributed by atoms with Crippen molar-refractivity contribution in [2.24, 2.45) is 0 Å². The first-order valence-electron chi connectivity index (χ1n) is 10.1. The summed E-state index contributed by atoms with van der Waals surface area (Å²) in [5.74, 6) is -0.689. The first-order valence-corrected chi connectivity index (χ1v) is 10.1. The topological polar surface area (TPSA) is 76.1 Å². The summed E-state index contributed by atoms with van der Waals surface area (Å²) in [7, 11) is 3.05. The molecule has 0 saturated carbocycles. The molecule has 1 unspecified atom stereocenters.